The number of amides is 2. The van der Waals surface area contributed by atoms with Crippen LogP contribution < -0.4 is 10.6 Å². The number of pyridine rings is 1. The normalized spacial score (nSPS) is 16.1. The number of carboxylic acids is 1. The lowest BCUT2D eigenvalue weighted by atomic mass is 9.80. The number of aliphatic imine (C=N–C) groups is 1. The van der Waals surface area contributed by atoms with Gasteiger partial charge in [-0.05, 0) is 74.6 Å². The number of nitrogens with one attached hydrogen (secondary N) is 2. The summed E-state index contributed by atoms with van der Waals surface area (Å²) in [6.07, 6.45) is 11.0. The zero-order chi connectivity index (χ0) is 28.8. The van der Waals surface area contributed by atoms with Crippen LogP contribution in [0, 0.1) is 17.3 Å². The summed E-state index contributed by atoms with van der Waals surface area (Å²) in [6.45, 7) is 5.39. The first-order chi connectivity index (χ1) is 19.8. The third-order valence-corrected chi connectivity index (χ3v) is 8.10. The number of carbonyl (C=O) groups is 2. The first kappa shape index (κ1) is 27.8. The number of nitrogens with zero attached hydrogens (tertiary/aromatic N) is 4. The minimum Gasteiger partial charge on any atom is -0.481 e. The largest absolute Gasteiger partial charge is 0.481 e. The molecule has 0 spiro atoms. The minimum atomic E-state index is -0.753. The number of fused-ring (bicyclic) bond motifs is 1. The molecule has 2 aliphatic heterocycles. The molecule has 1 fully saturated rings. The summed E-state index contributed by atoms with van der Waals surface area (Å²) in [4.78, 5) is 39.5. The van der Waals surface area contributed by atoms with Crippen LogP contribution in [0.4, 0.5) is 9.93 Å². The molecular formula is C31H30N6O3S. The average Bonchev–Trinajstić information content (AvgIpc) is 3.35. The first-order valence-electron chi connectivity index (χ1n) is 13.4. The number of allylic oxidation sites excluding steroid dienone is 3. The van der Waals surface area contributed by atoms with Gasteiger partial charge >= 0.3 is 12.0 Å². The van der Waals surface area contributed by atoms with E-state index in [1.807, 2.05) is 43.5 Å². The zero-order valence-electron chi connectivity index (χ0n) is 22.9. The van der Waals surface area contributed by atoms with Crippen molar-refractivity contribution in [2.45, 2.75) is 33.1 Å². The van der Waals surface area contributed by atoms with Gasteiger partial charge in [-0.25, -0.2) is 14.8 Å². The Balaban J connectivity index is 1.46. The van der Waals surface area contributed by atoms with E-state index >= 15 is 0 Å². The number of anilines is 1. The van der Waals surface area contributed by atoms with E-state index in [9.17, 15) is 14.7 Å². The molecule has 2 aliphatic rings. The molecule has 0 aliphatic carbocycles. The van der Waals surface area contributed by atoms with Gasteiger partial charge in [-0.15, -0.1) is 0 Å². The molecule has 208 valence electrons. The molecule has 0 unspecified atom stereocenters. The summed E-state index contributed by atoms with van der Waals surface area (Å²) in [7, 11) is 0. The van der Waals surface area contributed by atoms with Crippen molar-refractivity contribution in [1.29, 1.82) is 0 Å². The van der Waals surface area contributed by atoms with Crippen molar-refractivity contribution in [3.05, 3.63) is 77.1 Å². The Morgan fingerprint density at radius 3 is 2.80 bits per heavy atom. The molecule has 41 heavy (non-hydrogen) atoms. The van der Waals surface area contributed by atoms with Crippen molar-refractivity contribution >= 4 is 50.5 Å². The van der Waals surface area contributed by atoms with Crippen LogP contribution in [0.25, 0.3) is 15.8 Å². The van der Waals surface area contributed by atoms with Crippen molar-refractivity contribution in [1.82, 2.24) is 20.2 Å². The molecule has 4 heterocycles. The van der Waals surface area contributed by atoms with E-state index in [1.165, 1.54) is 11.3 Å². The number of carbonyl (C=O) groups excluding carboxylic acids is 1. The van der Waals surface area contributed by atoms with Crippen molar-refractivity contribution in [3.8, 4) is 11.8 Å². The second kappa shape index (κ2) is 12.2. The Morgan fingerprint density at radius 2 is 2.07 bits per heavy atom. The summed E-state index contributed by atoms with van der Waals surface area (Å²) in [5, 5.41) is 15.6. The molecule has 10 heteroatoms. The Hall–Kier alpha value is -4.71. The van der Waals surface area contributed by atoms with Gasteiger partial charge in [-0.1, -0.05) is 35.0 Å². The second-order valence-electron chi connectivity index (χ2n) is 10.0. The molecule has 9 nitrogen and oxygen atoms in total. The van der Waals surface area contributed by atoms with E-state index in [-0.39, 0.29) is 6.03 Å². The second-order valence-corrected chi connectivity index (χ2v) is 11.0. The summed E-state index contributed by atoms with van der Waals surface area (Å²) in [6, 6.07) is 7.44. The fourth-order valence-corrected chi connectivity index (χ4v) is 5.48. The summed E-state index contributed by atoms with van der Waals surface area (Å²) < 4.78 is 0.871. The van der Waals surface area contributed by atoms with Crippen LogP contribution in [0.2, 0.25) is 0 Å². The Morgan fingerprint density at radius 1 is 1.24 bits per heavy atom. The molecule has 0 radical (unpaired) electrons. The maximum atomic E-state index is 12.1. The standard InChI is InChI=1S/C31H30N6O3S/c1-3-33-29(40)36-30-35-25-18-24(17-22(27(25)41-30)11-10-21-7-6-14-32-19-21)23-8-4-5-9-26(34-20-23)37-15-12-31(2,13-16-37)28(38)39/h5-8,14,17-20H,3-4,12-13,15-16H2,1-2H3,(H,38,39)(H2,33,35,36,40). The highest BCUT2D eigenvalue weighted by Crippen LogP contribution is 2.34. The first-order valence-corrected chi connectivity index (χ1v) is 14.3. The molecule has 0 bridgehead atoms. The van der Waals surface area contributed by atoms with Crippen LogP contribution in [0.1, 0.15) is 49.8 Å². The number of carboxylic acid groups (broad SMARTS) is 1. The lowest BCUT2D eigenvalue weighted by Gasteiger charge is -2.37. The third kappa shape index (κ3) is 6.55. The van der Waals surface area contributed by atoms with Crippen LogP contribution >= 0.6 is 11.3 Å². The van der Waals surface area contributed by atoms with Gasteiger partial charge in [0, 0.05) is 49.4 Å². The smallest absolute Gasteiger partial charge is 0.321 e. The topological polar surface area (TPSA) is 120 Å². The lowest BCUT2D eigenvalue weighted by Crippen LogP contribution is -2.41. The number of aromatic nitrogens is 2. The highest BCUT2D eigenvalue weighted by molar-refractivity contribution is 7.22. The van der Waals surface area contributed by atoms with E-state index < -0.39 is 11.4 Å². The average molecular weight is 567 g/mol. The number of rotatable bonds is 5. The highest BCUT2D eigenvalue weighted by Gasteiger charge is 2.37. The lowest BCUT2D eigenvalue weighted by molar-refractivity contribution is -0.150. The Bertz CT molecular complexity index is 1660. The van der Waals surface area contributed by atoms with E-state index in [1.54, 1.807) is 19.3 Å². The van der Waals surface area contributed by atoms with Crippen LogP contribution in [0.3, 0.4) is 0 Å². The molecule has 2 aromatic heterocycles. The molecule has 0 saturated carbocycles. The monoisotopic (exact) mass is 566 g/mol. The van der Waals surface area contributed by atoms with Gasteiger partial charge in [-0.3, -0.25) is 15.1 Å². The number of hydrogen-bond acceptors (Lipinski definition) is 7. The van der Waals surface area contributed by atoms with Crippen molar-refractivity contribution < 1.29 is 14.7 Å². The van der Waals surface area contributed by atoms with Gasteiger partial charge < -0.3 is 15.3 Å². The van der Waals surface area contributed by atoms with Gasteiger partial charge in [0.25, 0.3) is 0 Å². The molecule has 3 N–H and O–H groups in total. The number of urea groups is 1. The van der Waals surface area contributed by atoms with Gasteiger partial charge in [-0.2, -0.15) is 0 Å². The molecule has 3 aromatic rings. The molecular weight excluding hydrogens is 536 g/mol. The van der Waals surface area contributed by atoms with Gasteiger partial charge in [0.15, 0.2) is 11.0 Å². The molecule has 2 amide bonds. The van der Waals surface area contributed by atoms with Crippen molar-refractivity contribution in [2.24, 2.45) is 10.4 Å². The number of hydrogen-bond donors (Lipinski definition) is 3. The van der Waals surface area contributed by atoms with E-state index in [0.717, 1.165) is 32.5 Å². The van der Waals surface area contributed by atoms with Crippen LogP contribution in [0.15, 0.2) is 65.4 Å². The quantitative estimate of drug-likeness (QED) is 0.286. The molecule has 1 saturated heterocycles. The third-order valence-electron chi connectivity index (χ3n) is 7.08. The van der Waals surface area contributed by atoms with Crippen LogP contribution in [-0.2, 0) is 4.79 Å². The van der Waals surface area contributed by atoms with Gasteiger partial charge in [0.2, 0.25) is 0 Å². The summed E-state index contributed by atoms with van der Waals surface area (Å²) in [5.41, 5.74) is 6.68. The van der Waals surface area contributed by atoms with Gasteiger partial charge in [0.1, 0.15) is 0 Å². The minimum absolute atomic E-state index is 0.308. The van der Waals surface area contributed by atoms with E-state index in [4.69, 9.17) is 4.99 Å². The predicted octanol–water partition coefficient (Wildman–Crippen LogP) is 5.27. The van der Waals surface area contributed by atoms with Crippen LogP contribution in [-0.4, -0.2) is 57.8 Å². The SMILES string of the molecule is CCNC(=O)Nc1nc2cc(C3=CCC=C=C(N4CCC(C)(C(=O)O)CC4)N=C3)cc(C#Cc3cccnc3)c2s1. The van der Waals surface area contributed by atoms with Crippen LogP contribution in [0.5, 0.6) is 0 Å². The van der Waals surface area contributed by atoms with E-state index in [2.05, 4.69) is 49.1 Å². The summed E-state index contributed by atoms with van der Waals surface area (Å²) in [5.74, 6) is 6.41. The Kier molecular flexibility index (Phi) is 8.29. The summed E-state index contributed by atoms with van der Waals surface area (Å²) >= 11 is 1.37. The highest BCUT2D eigenvalue weighted by atomic mass is 32.1. The van der Waals surface area contributed by atoms with Crippen molar-refractivity contribution in [3.63, 3.8) is 0 Å². The molecule has 1 aromatic carbocycles. The predicted molar refractivity (Wildman–Crippen MR) is 162 cm³/mol. The zero-order valence-corrected chi connectivity index (χ0v) is 23.7. The fraction of sp³-hybridized carbons (Fsp3) is 0.290. The number of benzene rings is 1. The van der Waals surface area contributed by atoms with Crippen molar-refractivity contribution in [2.75, 3.05) is 25.0 Å². The number of piperidine rings is 1. The molecule has 0 atom stereocenters. The van der Waals surface area contributed by atoms with Gasteiger partial charge in [0.05, 0.1) is 15.6 Å². The Labute approximate surface area is 242 Å². The maximum absolute atomic E-state index is 12.1. The maximum Gasteiger partial charge on any atom is 0.321 e. The van der Waals surface area contributed by atoms with E-state index in [0.29, 0.717) is 49.8 Å². The fourth-order valence-electron chi connectivity index (χ4n) is 4.57. The number of aliphatic carboxylic acids is 1. The molecule has 5 rings (SSSR count). The number of likely N-dealkylation sites (tertiary alicyclic amines) is 1. The number of thiazole rings is 1.